The first kappa shape index (κ1) is 23.9. The van der Waals surface area contributed by atoms with Crippen molar-refractivity contribution in [2.75, 3.05) is 26.2 Å². The summed E-state index contributed by atoms with van der Waals surface area (Å²) in [4.78, 5) is 34.5. The Labute approximate surface area is 195 Å². The molecule has 0 radical (unpaired) electrons. The number of alkyl halides is 3. The van der Waals surface area contributed by atoms with Crippen molar-refractivity contribution in [1.82, 2.24) is 19.4 Å². The molecule has 2 aromatic carbocycles. The zero-order valence-corrected chi connectivity index (χ0v) is 19.2. The molecule has 1 aromatic heterocycles. The zero-order chi connectivity index (χ0) is 24.5. The molecule has 4 rings (SSSR count). The van der Waals surface area contributed by atoms with E-state index in [4.69, 9.17) is 4.98 Å². The Kier molecular flexibility index (Phi) is 6.74. The number of para-hydroxylation sites is 1. The molecule has 0 N–H and O–H groups in total. The molecular weight excluding hydrogens is 445 g/mol. The van der Waals surface area contributed by atoms with Gasteiger partial charge >= 0.3 is 6.18 Å². The molecule has 9 heteroatoms. The summed E-state index contributed by atoms with van der Waals surface area (Å²) in [5, 5.41) is 0.583. The minimum absolute atomic E-state index is 0.0336. The van der Waals surface area contributed by atoms with E-state index in [1.807, 2.05) is 32.0 Å². The van der Waals surface area contributed by atoms with Gasteiger partial charge < -0.3 is 4.90 Å². The lowest BCUT2D eigenvalue weighted by atomic mass is 10.1. The summed E-state index contributed by atoms with van der Waals surface area (Å²) in [5.41, 5.74) is -0.210. The van der Waals surface area contributed by atoms with Crippen molar-refractivity contribution in [3.63, 3.8) is 0 Å². The molecule has 1 aliphatic heterocycles. The van der Waals surface area contributed by atoms with Crippen LogP contribution in [0.15, 0.2) is 53.3 Å². The van der Waals surface area contributed by atoms with E-state index < -0.39 is 17.6 Å². The predicted octanol–water partition coefficient (Wildman–Crippen LogP) is 4.34. The number of fused-ring (bicyclic) bond motifs is 1. The van der Waals surface area contributed by atoms with Crippen LogP contribution in [0.5, 0.6) is 0 Å². The van der Waals surface area contributed by atoms with Gasteiger partial charge in [-0.15, -0.1) is 0 Å². The smallest absolute Gasteiger partial charge is 0.336 e. The van der Waals surface area contributed by atoms with Gasteiger partial charge in [0.2, 0.25) is 0 Å². The molecule has 1 amide bonds. The van der Waals surface area contributed by atoms with Gasteiger partial charge in [-0.2, -0.15) is 13.2 Å². The SMILES string of the molecule is CCC(c1nc2ccccc2c(=O)n1CC)N1CCN(C(=O)c2cccc(C(F)(F)F)c2)CC1. The largest absolute Gasteiger partial charge is 0.416 e. The van der Waals surface area contributed by atoms with Crippen molar-refractivity contribution < 1.29 is 18.0 Å². The standard InChI is InChI=1S/C25H27F3N4O2/c1-3-21(22-29-20-11-6-5-10-19(20)24(34)32(22)4-2)30-12-14-31(15-13-30)23(33)17-8-7-9-18(16-17)25(26,27)28/h5-11,16,21H,3-4,12-15H2,1-2H3. The molecule has 0 bridgehead atoms. The van der Waals surface area contributed by atoms with Crippen LogP contribution in [0, 0.1) is 0 Å². The lowest BCUT2D eigenvalue weighted by Crippen LogP contribution is -2.50. The summed E-state index contributed by atoms with van der Waals surface area (Å²) in [6.07, 6.45) is -3.77. The third-order valence-corrected chi connectivity index (χ3v) is 6.37. The van der Waals surface area contributed by atoms with Gasteiger partial charge in [0.15, 0.2) is 0 Å². The van der Waals surface area contributed by atoms with Crippen LogP contribution in [-0.2, 0) is 12.7 Å². The number of nitrogens with zero attached hydrogens (tertiary/aromatic N) is 4. The molecule has 3 aromatic rings. The van der Waals surface area contributed by atoms with E-state index in [2.05, 4.69) is 4.90 Å². The lowest BCUT2D eigenvalue weighted by molar-refractivity contribution is -0.137. The topological polar surface area (TPSA) is 58.4 Å². The van der Waals surface area contributed by atoms with Gasteiger partial charge in [-0.25, -0.2) is 4.98 Å². The van der Waals surface area contributed by atoms with E-state index in [1.165, 1.54) is 12.1 Å². The Hall–Kier alpha value is -3.20. The molecule has 180 valence electrons. The summed E-state index contributed by atoms with van der Waals surface area (Å²) in [5.74, 6) is 0.291. The average molecular weight is 473 g/mol. The minimum Gasteiger partial charge on any atom is -0.336 e. The molecule has 6 nitrogen and oxygen atoms in total. The average Bonchev–Trinajstić information content (AvgIpc) is 2.84. The number of hydrogen-bond acceptors (Lipinski definition) is 4. The fourth-order valence-corrected chi connectivity index (χ4v) is 4.60. The first-order valence-corrected chi connectivity index (χ1v) is 11.4. The fraction of sp³-hybridized carbons (Fsp3) is 0.400. The Morgan fingerprint density at radius 3 is 2.38 bits per heavy atom. The highest BCUT2D eigenvalue weighted by molar-refractivity contribution is 5.94. The predicted molar refractivity (Wildman–Crippen MR) is 124 cm³/mol. The van der Waals surface area contributed by atoms with Crippen molar-refractivity contribution >= 4 is 16.8 Å². The normalized spacial score (nSPS) is 16.1. The number of carbonyl (C=O) groups is 1. The van der Waals surface area contributed by atoms with Gasteiger partial charge in [-0.1, -0.05) is 25.1 Å². The molecule has 0 spiro atoms. The molecule has 2 heterocycles. The molecular formula is C25H27F3N4O2. The summed E-state index contributed by atoms with van der Waals surface area (Å²) >= 11 is 0. The molecule has 1 unspecified atom stereocenters. The fourth-order valence-electron chi connectivity index (χ4n) is 4.60. The minimum atomic E-state index is -4.49. The van der Waals surface area contributed by atoms with Crippen LogP contribution >= 0.6 is 0 Å². The Morgan fingerprint density at radius 1 is 1.03 bits per heavy atom. The maximum absolute atomic E-state index is 13.1. The Morgan fingerprint density at radius 2 is 1.74 bits per heavy atom. The van der Waals surface area contributed by atoms with E-state index in [0.29, 0.717) is 49.5 Å². The van der Waals surface area contributed by atoms with Crippen molar-refractivity contribution in [3.8, 4) is 0 Å². The Bertz CT molecular complexity index is 1250. The molecule has 0 saturated carbocycles. The molecule has 34 heavy (non-hydrogen) atoms. The van der Waals surface area contributed by atoms with Gasteiger partial charge in [-0.3, -0.25) is 19.1 Å². The van der Waals surface area contributed by atoms with Crippen molar-refractivity contribution in [2.45, 2.75) is 39.0 Å². The molecule has 1 atom stereocenters. The Balaban J connectivity index is 1.54. The third-order valence-electron chi connectivity index (χ3n) is 6.37. The van der Waals surface area contributed by atoms with Crippen molar-refractivity contribution in [3.05, 3.63) is 75.8 Å². The quantitative estimate of drug-likeness (QED) is 0.554. The summed E-state index contributed by atoms with van der Waals surface area (Å²) < 4.78 is 40.8. The van der Waals surface area contributed by atoms with Crippen LogP contribution in [0.4, 0.5) is 13.2 Å². The van der Waals surface area contributed by atoms with Crippen molar-refractivity contribution in [1.29, 1.82) is 0 Å². The first-order valence-electron chi connectivity index (χ1n) is 11.4. The summed E-state index contributed by atoms with van der Waals surface area (Å²) in [6, 6.07) is 11.7. The molecule has 1 saturated heterocycles. The first-order chi connectivity index (χ1) is 16.2. The van der Waals surface area contributed by atoms with E-state index in [1.54, 1.807) is 15.5 Å². The van der Waals surface area contributed by atoms with Crippen LogP contribution < -0.4 is 5.56 Å². The molecule has 1 fully saturated rings. The summed E-state index contributed by atoms with van der Waals surface area (Å²) in [6.45, 7) is 6.29. The number of benzene rings is 2. The van der Waals surface area contributed by atoms with E-state index in [-0.39, 0.29) is 17.2 Å². The van der Waals surface area contributed by atoms with E-state index in [9.17, 15) is 22.8 Å². The zero-order valence-electron chi connectivity index (χ0n) is 19.2. The second kappa shape index (κ2) is 9.58. The number of piperazine rings is 1. The summed E-state index contributed by atoms with van der Waals surface area (Å²) in [7, 11) is 0. The number of hydrogen-bond donors (Lipinski definition) is 0. The van der Waals surface area contributed by atoms with Crippen LogP contribution in [-0.4, -0.2) is 51.4 Å². The van der Waals surface area contributed by atoms with Crippen LogP contribution in [0.2, 0.25) is 0 Å². The second-order valence-electron chi connectivity index (χ2n) is 8.37. The van der Waals surface area contributed by atoms with Gasteiger partial charge in [0, 0.05) is 38.3 Å². The van der Waals surface area contributed by atoms with Crippen LogP contribution in [0.1, 0.15) is 48.1 Å². The maximum atomic E-state index is 13.1. The monoisotopic (exact) mass is 472 g/mol. The third kappa shape index (κ3) is 4.57. The second-order valence-corrected chi connectivity index (χ2v) is 8.37. The number of rotatable bonds is 5. The van der Waals surface area contributed by atoms with Gasteiger partial charge in [0.05, 0.1) is 22.5 Å². The highest BCUT2D eigenvalue weighted by Gasteiger charge is 2.33. The number of halogens is 3. The molecule has 1 aliphatic rings. The number of carbonyl (C=O) groups excluding carboxylic acids is 1. The lowest BCUT2D eigenvalue weighted by Gasteiger charge is -2.39. The van der Waals surface area contributed by atoms with Gasteiger partial charge in [-0.05, 0) is 43.7 Å². The van der Waals surface area contributed by atoms with Gasteiger partial charge in [0.25, 0.3) is 11.5 Å². The maximum Gasteiger partial charge on any atom is 0.416 e. The van der Waals surface area contributed by atoms with E-state index >= 15 is 0 Å². The van der Waals surface area contributed by atoms with Crippen LogP contribution in [0.3, 0.4) is 0 Å². The van der Waals surface area contributed by atoms with Crippen molar-refractivity contribution in [2.24, 2.45) is 0 Å². The molecule has 0 aliphatic carbocycles. The highest BCUT2D eigenvalue weighted by atomic mass is 19.4. The van der Waals surface area contributed by atoms with Crippen LogP contribution in [0.25, 0.3) is 10.9 Å². The number of aromatic nitrogens is 2. The van der Waals surface area contributed by atoms with E-state index in [0.717, 1.165) is 18.6 Å². The van der Waals surface area contributed by atoms with Gasteiger partial charge in [0.1, 0.15) is 5.82 Å². The number of amides is 1. The highest BCUT2D eigenvalue weighted by Crippen LogP contribution is 2.30.